The molecule has 0 atom stereocenters. The van der Waals surface area contributed by atoms with Gasteiger partial charge < -0.3 is 10.1 Å². The average molecular weight is 257 g/mol. The first-order valence-electron chi connectivity index (χ1n) is 5.53. The van der Waals surface area contributed by atoms with Crippen molar-refractivity contribution in [1.82, 2.24) is 5.32 Å². The lowest BCUT2D eigenvalue weighted by atomic mass is 9.88. The zero-order valence-corrected chi connectivity index (χ0v) is 10.4. The summed E-state index contributed by atoms with van der Waals surface area (Å²) in [4.78, 5) is 0. The number of hydrogen-bond donors (Lipinski definition) is 1. The highest BCUT2D eigenvalue weighted by molar-refractivity contribution is 5.69. The van der Waals surface area contributed by atoms with E-state index in [1.165, 1.54) is 12.3 Å². The fourth-order valence-electron chi connectivity index (χ4n) is 1.98. The van der Waals surface area contributed by atoms with Gasteiger partial charge in [0.1, 0.15) is 11.9 Å². The van der Waals surface area contributed by atoms with Gasteiger partial charge in [-0.25, -0.2) is 0 Å². The average Bonchev–Trinajstić information content (AvgIpc) is 2.28. The number of nitrogens with one attached hydrogen (secondary N) is 1. The van der Waals surface area contributed by atoms with Gasteiger partial charge in [0.25, 0.3) is 0 Å². The van der Waals surface area contributed by atoms with Crippen LogP contribution < -0.4 is 5.32 Å². The molecule has 18 heavy (non-hydrogen) atoms. The van der Waals surface area contributed by atoms with Gasteiger partial charge in [-0.3, -0.25) is 0 Å². The Balaban J connectivity index is 2.60. The molecule has 1 N–H and O–H groups in total. The highest BCUT2D eigenvalue weighted by Gasteiger charge is 2.35. The smallest absolute Gasteiger partial charge is 0.416 e. The van der Waals surface area contributed by atoms with Crippen molar-refractivity contribution in [3.05, 3.63) is 41.2 Å². The van der Waals surface area contributed by atoms with Crippen LogP contribution in [0.15, 0.2) is 24.5 Å². The number of benzene rings is 1. The molecule has 0 fully saturated rings. The largest absolute Gasteiger partial charge is 0.489 e. The Bertz CT molecular complexity index is 503. The van der Waals surface area contributed by atoms with Crippen LogP contribution in [-0.4, -0.2) is 7.05 Å². The van der Waals surface area contributed by atoms with Gasteiger partial charge in [-0.2, -0.15) is 13.2 Å². The monoisotopic (exact) mass is 257 g/mol. The molecule has 0 amide bonds. The maximum absolute atomic E-state index is 12.7. The minimum absolute atomic E-state index is 0.532. The second-order valence-electron chi connectivity index (χ2n) is 4.67. The Labute approximate surface area is 103 Å². The Hall–Kier alpha value is -1.65. The molecule has 2 rings (SSSR count). The highest BCUT2D eigenvalue weighted by atomic mass is 19.4. The molecule has 0 bridgehead atoms. The molecule has 0 spiro atoms. The van der Waals surface area contributed by atoms with Crippen LogP contribution in [-0.2, 0) is 16.5 Å². The maximum atomic E-state index is 12.7. The van der Waals surface area contributed by atoms with Crippen molar-refractivity contribution in [1.29, 1.82) is 0 Å². The van der Waals surface area contributed by atoms with E-state index in [0.29, 0.717) is 11.3 Å². The lowest BCUT2D eigenvalue weighted by Gasteiger charge is -2.33. The quantitative estimate of drug-likeness (QED) is 0.831. The number of alkyl halides is 3. The number of fused-ring (bicyclic) bond motifs is 1. The first kappa shape index (κ1) is 12.8. The fourth-order valence-corrected chi connectivity index (χ4v) is 1.98. The van der Waals surface area contributed by atoms with Crippen LogP contribution >= 0.6 is 0 Å². The lowest BCUT2D eigenvalue weighted by molar-refractivity contribution is -0.137. The summed E-state index contributed by atoms with van der Waals surface area (Å²) >= 11 is 0. The first-order chi connectivity index (χ1) is 8.25. The predicted molar refractivity (Wildman–Crippen MR) is 62.6 cm³/mol. The van der Waals surface area contributed by atoms with Crippen LogP contribution in [0.1, 0.15) is 30.5 Å². The maximum Gasteiger partial charge on any atom is 0.416 e. The van der Waals surface area contributed by atoms with Crippen LogP contribution in [0, 0.1) is 0 Å². The van der Waals surface area contributed by atoms with Crippen LogP contribution in [0.2, 0.25) is 0 Å². The Morgan fingerprint density at radius 3 is 2.44 bits per heavy atom. The Morgan fingerprint density at radius 1 is 1.22 bits per heavy atom. The van der Waals surface area contributed by atoms with Gasteiger partial charge in [-0.05, 0) is 26.0 Å². The summed E-state index contributed by atoms with van der Waals surface area (Å²) in [5.41, 5.74) is 0.524. The second-order valence-corrected chi connectivity index (χ2v) is 4.67. The summed E-state index contributed by atoms with van der Waals surface area (Å²) in [6.07, 6.45) is -2.80. The molecule has 0 saturated carbocycles. The molecular weight excluding hydrogens is 243 g/mol. The van der Waals surface area contributed by atoms with Crippen molar-refractivity contribution in [2.75, 3.05) is 7.05 Å². The third kappa shape index (κ3) is 2.05. The van der Waals surface area contributed by atoms with E-state index in [9.17, 15) is 13.2 Å². The van der Waals surface area contributed by atoms with Gasteiger partial charge >= 0.3 is 6.18 Å². The van der Waals surface area contributed by atoms with Crippen molar-refractivity contribution in [3.8, 4) is 0 Å². The molecule has 1 aliphatic heterocycles. The fraction of sp³-hybridized carbons (Fsp3) is 0.385. The second kappa shape index (κ2) is 3.93. The summed E-state index contributed by atoms with van der Waals surface area (Å²) in [5.74, 6) is 0. The molecular formula is C13H14F3NO. The molecule has 1 heterocycles. The first-order valence-corrected chi connectivity index (χ1v) is 5.53. The summed E-state index contributed by atoms with van der Waals surface area (Å²) in [6, 6.07) is 3.72. The molecule has 98 valence electrons. The van der Waals surface area contributed by atoms with E-state index in [-0.39, 0.29) is 0 Å². The molecule has 0 radical (unpaired) electrons. The number of halogens is 3. The molecule has 1 aliphatic rings. The van der Waals surface area contributed by atoms with Crippen LogP contribution in [0.4, 0.5) is 13.2 Å². The van der Waals surface area contributed by atoms with Gasteiger partial charge in [0.2, 0.25) is 0 Å². The summed E-state index contributed by atoms with van der Waals surface area (Å²) in [5, 5.41) is 2.91. The Morgan fingerprint density at radius 2 is 1.89 bits per heavy atom. The van der Waals surface area contributed by atoms with E-state index in [2.05, 4.69) is 5.32 Å². The predicted octanol–water partition coefficient (Wildman–Crippen LogP) is 3.49. The van der Waals surface area contributed by atoms with Crippen molar-refractivity contribution in [3.63, 3.8) is 0 Å². The van der Waals surface area contributed by atoms with Crippen molar-refractivity contribution < 1.29 is 17.9 Å². The normalized spacial score (nSPS) is 17.6. The molecule has 0 saturated heterocycles. The topological polar surface area (TPSA) is 21.3 Å². The van der Waals surface area contributed by atoms with Crippen molar-refractivity contribution >= 4 is 5.70 Å². The van der Waals surface area contributed by atoms with Crippen molar-refractivity contribution in [2.45, 2.75) is 25.6 Å². The van der Waals surface area contributed by atoms with Crippen LogP contribution in [0.25, 0.3) is 5.70 Å². The zero-order valence-electron chi connectivity index (χ0n) is 10.4. The summed E-state index contributed by atoms with van der Waals surface area (Å²) in [7, 11) is 1.70. The lowest BCUT2D eigenvalue weighted by Crippen LogP contribution is -2.27. The summed E-state index contributed by atoms with van der Waals surface area (Å²) in [6.45, 7) is 3.49. The number of ether oxygens (including phenoxy) is 1. The molecule has 0 aliphatic carbocycles. The molecule has 1 aromatic carbocycles. The minimum atomic E-state index is -4.34. The molecule has 5 heteroatoms. The van der Waals surface area contributed by atoms with Crippen molar-refractivity contribution in [2.24, 2.45) is 0 Å². The van der Waals surface area contributed by atoms with E-state index >= 15 is 0 Å². The number of hydrogen-bond acceptors (Lipinski definition) is 2. The highest BCUT2D eigenvalue weighted by Crippen LogP contribution is 2.39. The van der Waals surface area contributed by atoms with E-state index in [4.69, 9.17) is 4.74 Å². The third-order valence-electron chi connectivity index (χ3n) is 3.03. The van der Waals surface area contributed by atoms with Gasteiger partial charge in [0, 0.05) is 18.2 Å². The molecule has 0 aromatic heterocycles. The van der Waals surface area contributed by atoms with E-state index in [0.717, 1.165) is 17.7 Å². The number of rotatable bonds is 1. The van der Waals surface area contributed by atoms with Gasteiger partial charge in [0.15, 0.2) is 0 Å². The summed E-state index contributed by atoms with van der Waals surface area (Å²) < 4.78 is 43.6. The molecule has 0 unspecified atom stereocenters. The van der Waals surface area contributed by atoms with Gasteiger partial charge in [0.05, 0.1) is 11.3 Å². The van der Waals surface area contributed by atoms with E-state index in [1.54, 1.807) is 20.9 Å². The standard InChI is InChI=1S/C13H14F3NO/c1-12(2)10-6-8(13(14,15)16)4-5-9(10)11(17-3)7-18-12/h4-7,17H,1-3H3. The van der Waals surface area contributed by atoms with Crippen LogP contribution in [0.5, 0.6) is 0 Å². The van der Waals surface area contributed by atoms with Gasteiger partial charge in [-0.15, -0.1) is 0 Å². The third-order valence-corrected chi connectivity index (χ3v) is 3.03. The Kier molecular flexibility index (Phi) is 2.80. The van der Waals surface area contributed by atoms with E-state index in [1.807, 2.05) is 0 Å². The molecule has 2 nitrogen and oxygen atoms in total. The molecule has 1 aromatic rings. The van der Waals surface area contributed by atoms with E-state index < -0.39 is 17.3 Å². The zero-order chi connectivity index (χ0) is 13.6. The van der Waals surface area contributed by atoms with Crippen LogP contribution in [0.3, 0.4) is 0 Å². The van der Waals surface area contributed by atoms with Gasteiger partial charge in [-0.1, -0.05) is 6.07 Å². The minimum Gasteiger partial charge on any atom is -0.489 e. The SMILES string of the molecule is CNC1=COC(C)(C)c2cc(C(F)(F)F)ccc21.